The van der Waals surface area contributed by atoms with E-state index in [-0.39, 0.29) is 40.8 Å². The van der Waals surface area contributed by atoms with Crippen molar-refractivity contribution in [3.8, 4) is 22.6 Å². The van der Waals surface area contributed by atoms with Crippen LogP contribution in [0.5, 0.6) is 11.5 Å². The maximum absolute atomic E-state index is 13.6. The topological polar surface area (TPSA) is 179 Å². The van der Waals surface area contributed by atoms with E-state index in [0.717, 1.165) is 11.1 Å². The van der Waals surface area contributed by atoms with Crippen LogP contribution >= 0.6 is 0 Å². The van der Waals surface area contributed by atoms with Crippen LogP contribution in [-0.2, 0) is 25.4 Å². The van der Waals surface area contributed by atoms with Crippen molar-refractivity contribution >= 4 is 29.3 Å². The number of aliphatic hydroxyl groups is 1. The molecule has 12 nitrogen and oxygen atoms in total. The first kappa shape index (κ1) is 41.3. The van der Waals surface area contributed by atoms with Gasteiger partial charge in [0.15, 0.2) is 6.10 Å². The van der Waals surface area contributed by atoms with E-state index in [1.165, 1.54) is 33.5 Å². The summed E-state index contributed by atoms with van der Waals surface area (Å²) in [5, 5.41) is 28.8. The number of nitrogens with one attached hydrogen (secondary N) is 2. The number of benzene rings is 3. The van der Waals surface area contributed by atoms with Gasteiger partial charge in [-0.25, -0.2) is 4.79 Å². The highest BCUT2D eigenvalue weighted by Crippen LogP contribution is 2.43. The summed E-state index contributed by atoms with van der Waals surface area (Å²) in [5.74, 6) is -1.63. The third-order valence-electron chi connectivity index (χ3n) is 9.51. The Kier molecular flexibility index (Phi) is 14.6. The van der Waals surface area contributed by atoms with Gasteiger partial charge < -0.3 is 45.5 Å². The van der Waals surface area contributed by atoms with Gasteiger partial charge in [-0.1, -0.05) is 80.6 Å². The van der Waals surface area contributed by atoms with Crippen molar-refractivity contribution in [3.05, 3.63) is 107 Å². The number of hydrogen-bond donors (Lipinski definition) is 5. The number of carbonyl (C=O) groups excluding carboxylic acids is 3. The molecule has 1 aliphatic rings. The highest BCUT2D eigenvalue weighted by molar-refractivity contribution is 6.08. The zero-order valence-corrected chi connectivity index (χ0v) is 31.8. The van der Waals surface area contributed by atoms with Gasteiger partial charge in [0.05, 0.1) is 30.7 Å². The Bertz CT molecular complexity index is 1870. The number of phenols is 1. The minimum Gasteiger partial charge on any atom is -0.505 e. The lowest BCUT2D eigenvalue weighted by Gasteiger charge is -2.29. The molecule has 1 aliphatic heterocycles. The first-order valence-electron chi connectivity index (χ1n) is 17.7. The molecule has 0 spiro atoms. The van der Waals surface area contributed by atoms with E-state index in [2.05, 4.69) is 10.6 Å². The molecular weight excluding hydrogens is 690 g/mol. The number of methoxy groups -OCH3 is 3. The third-order valence-corrected chi connectivity index (χ3v) is 9.51. The number of carbonyl (C=O) groups is 3. The standard InChI is InChI=1S/C42H51N3O9/c1-24-20-31-37(47)32(23-33(39(31)53-7)45-41(49)30-18-16-29(17-19-30)28-13-9-8-10-14-28)44-40(48)25(2)12-11-15-34(51-5)38(54-42(43)50)27(4)22-26(3)36(46)35(21-24)52-6/h8-19,22-24,26,34-36,38,46-47H,20-21H2,1-7H3,(H2,43,50)(H,44,48)(H,45,49)/b15-11-,25-12+,27-22+/t24-,26+,34+,35+,36-,38+/m1/s1. The predicted molar refractivity (Wildman–Crippen MR) is 208 cm³/mol. The van der Waals surface area contributed by atoms with Gasteiger partial charge >= 0.3 is 6.09 Å². The van der Waals surface area contributed by atoms with E-state index in [9.17, 15) is 24.6 Å². The lowest BCUT2D eigenvalue weighted by Crippen LogP contribution is -2.37. The fraction of sp³-hybridized carbons (Fsp3) is 0.357. The van der Waals surface area contributed by atoms with E-state index >= 15 is 0 Å². The lowest BCUT2D eigenvalue weighted by atomic mass is 9.87. The van der Waals surface area contributed by atoms with Crippen LogP contribution in [0, 0.1) is 11.8 Å². The number of aromatic hydroxyl groups is 1. The molecule has 0 saturated heterocycles. The summed E-state index contributed by atoms with van der Waals surface area (Å²) in [6.07, 6.45) is 2.75. The highest BCUT2D eigenvalue weighted by atomic mass is 16.6. The van der Waals surface area contributed by atoms with Crippen molar-refractivity contribution in [2.75, 3.05) is 32.0 Å². The molecule has 3 aromatic carbocycles. The summed E-state index contributed by atoms with van der Waals surface area (Å²) < 4.78 is 22.6. The number of rotatable bonds is 7. The Balaban J connectivity index is 1.77. The molecule has 0 fully saturated rings. The predicted octanol–water partition coefficient (Wildman–Crippen LogP) is 6.78. The second-order valence-corrected chi connectivity index (χ2v) is 13.6. The fourth-order valence-electron chi connectivity index (χ4n) is 6.56. The molecule has 3 amide bonds. The number of nitrogens with two attached hydrogens (primary N) is 1. The van der Waals surface area contributed by atoms with Crippen molar-refractivity contribution in [3.63, 3.8) is 0 Å². The third kappa shape index (κ3) is 10.4. The van der Waals surface area contributed by atoms with E-state index in [1.54, 1.807) is 44.2 Å². The number of allylic oxidation sites excluding steroid dienone is 2. The summed E-state index contributed by atoms with van der Waals surface area (Å²) >= 11 is 0. The summed E-state index contributed by atoms with van der Waals surface area (Å²) in [5.41, 5.74) is 9.25. The number of primary amides is 1. The molecular formula is C42H51N3O9. The van der Waals surface area contributed by atoms with Crippen molar-refractivity contribution in [1.29, 1.82) is 0 Å². The second kappa shape index (κ2) is 19.1. The number of hydrogen-bond acceptors (Lipinski definition) is 9. The number of amides is 3. The second-order valence-electron chi connectivity index (χ2n) is 13.6. The molecule has 54 heavy (non-hydrogen) atoms. The van der Waals surface area contributed by atoms with Gasteiger partial charge in [0, 0.05) is 36.8 Å². The van der Waals surface area contributed by atoms with E-state index in [0.29, 0.717) is 23.1 Å². The Hall–Kier alpha value is -5.43. The van der Waals surface area contributed by atoms with Gasteiger partial charge in [-0.05, 0) is 67.5 Å². The van der Waals surface area contributed by atoms with Crippen LogP contribution in [0.15, 0.2) is 96.1 Å². The van der Waals surface area contributed by atoms with Crippen molar-refractivity contribution in [2.24, 2.45) is 17.6 Å². The maximum atomic E-state index is 13.6. The van der Waals surface area contributed by atoms with Crippen LogP contribution in [0.2, 0.25) is 0 Å². The van der Waals surface area contributed by atoms with Crippen LogP contribution in [0.1, 0.15) is 50.0 Å². The summed E-state index contributed by atoms with van der Waals surface area (Å²) in [4.78, 5) is 39.0. The van der Waals surface area contributed by atoms with Gasteiger partial charge in [0.25, 0.3) is 11.8 Å². The molecule has 6 atom stereocenters. The number of fused-ring (bicyclic) bond motifs is 2. The molecule has 0 aromatic heterocycles. The highest BCUT2D eigenvalue weighted by Gasteiger charge is 2.30. The summed E-state index contributed by atoms with van der Waals surface area (Å²) in [6.45, 7) is 7.09. The van der Waals surface area contributed by atoms with Gasteiger partial charge in [0.1, 0.15) is 17.6 Å². The Morgan fingerprint density at radius 1 is 0.963 bits per heavy atom. The largest absolute Gasteiger partial charge is 0.505 e. The van der Waals surface area contributed by atoms with Gasteiger partial charge in [-0.3, -0.25) is 9.59 Å². The first-order valence-corrected chi connectivity index (χ1v) is 17.7. The molecule has 4 rings (SSSR count). The van der Waals surface area contributed by atoms with Crippen LogP contribution in [0.4, 0.5) is 16.2 Å². The molecule has 0 radical (unpaired) electrons. The number of ether oxygens (including phenoxy) is 4. The van der Waals surface area contributed by atoms with Crippen molar-refractivity contribution in [1.82, 2.24) is 0 Å². The summed E-state index contributed by atoms with van der Waals surface area (Å²) in [7, 11) is 4.39. The average molecular weight is 742 g/mol. The number of anilines is 2. The zero-order valence-electron chi connectivity index (χ0n) is 31.8. The van der Waals surface area contributed by atoms with Crippen molar-refractivity contribution < 1.29 is 43.5 Å². The SMILES string of the molecule is COc1c(NC(=O)c2ccc(-c3ccccc3)cc2)cc2c(O)c1C[C@@H](C)C[C@H](OC)[C@H](O)[C@@H](C)/C=C(\C)[C@H](OC(N)=O)[C@@H](OC)/C=C\C=C(/C)C(=O)N2. The summed E-state index contributed by atoms with van der Waals surface area (Å²) in [6, 6.07) is 18.4. The van der Waals surface area contributed by atoms with E-state index < -0.39 is 48.2 Å². The van der Waals surface area contributed by atoms with E-state index in [4.69, 9.17) is 24.7 Å². The molecule has 0 saturated carbocycles. The molecule has 6 N–H and O–H groups in total. The van der Waals surface area contributed by atoms with Gasteiger partial charge in [-0.15, -0.1) is 0 Å². The Morgan fingerprint density at radius 2 is 1.63 bits per heavy atom. The average Bonchev–Trinajstić information content (AvgIpc) is 3.16. The molecule has 0 aliphatic carbocycles. The normalized spacial score (nSPS) is 25.2. The van der Waals surface area contributed by atoms with Crippen LogP contribution in [-0.4, -0.2) is 73.9 Å². The van der Waals surface area contributed by atoms with Gasteiger partial charge in [-0.2, -0.15) is 0 Å². The quantitative estimate of drug-likeness (QED) is 0.0992. The minimum atomic E-state index is -1.00. The van der Waals surface area contributed by atoms with E-state index in [1.807, 2.05) is 56.3 Å². The van der Waals surface area contributed by atoms with Crippen molar-refractivity contribution in [2.45, 2.75) is 65.0 Å². The number of aliphatic hydroxyl groups excluding tert-OH is 1. The molecule has 12 heteroatoms. The number of phenolic OH excluding ortho intramolecular Hbond substituents is 1. The molecule has 1 heterocycles. The molecule has 2 bridgehead atoms. The molecule has 288 valence electrons. The monoisotopic (exact) mass is 741 g/mol. The fourth-order valence-corrected chi connectivity index (χ4v) is 6.56. The molecule has 3 aromatic rings. The first-order chi connectivity index (χ1) is 25.8. The maximum Gasteiger partial charge on any atom is 0.405 e. The van der Waals surface area contributed by atoms with Crippen LogP contribution < -0.4 is 21.1 Å². The van der Waals surface area contributed by atoms with Gasteiger partial charge in [0.2, 0.25) is 0 Å². The zero-order chi connectivity index (χ0) is 39.5. The van der Waals surface area contributed by atoms with Crippen LogP contribution in [0.3, 0.4) is 0 Å². The van der Waals surface area contributed by atoms with Crippen LogP contribution in [0.25, 0.3) is 11.1 Å². The Morgan fingerprint density at radius 3 is 2.24 bits per heavy atom. The Labute approximate surface area is 316 Å². The molecule has 0 unspecified atom stereocenters. The smallest absolute Gasteiger partial charge is 0.405 e. The minimum absolute atomic E-state index is 0.0498. The lowest BCUT2D eigenvalue weighted by molar-refractivity contribution is -0.112.